The van der Waals surface area contributed by atoms with E-state index in [-0.39, 0.29) is 26.0 Å². The van der Waals surface area contributed by atoms with E-state index in [0.29, 0.717) is 56.9 Å². The lowest BCUT2D eigenvalue weighted by Crippen LogP contribution is -2.45. The Labute approximate surface area is 236 Å². The van der Waals surface area contributed by atoms with Gasteiger partial charge in [-0.1, -0.05) is 6.07 Å². The minimum Gasteiger partial charge on any atom is -0.493 e. The zero-order valence-corrected chi connectivity index (χ0v) is 22.8. The highest BCUT2D eigenvalue weighted by atomic mass is 16.7. The number of methoxy groups -OCH3 is 3. The quantitative estimate of drug-likeness (QED) is 0.374. The van der Waals surface area contributed by atoms with Gasteiger partial charge in [0.2, 0.25) is 25.2 Å². The van der Waals surface area contributed by atoms with E-state index in [1.54, 1.807) is 30.3 Å². The lowest BCUT2D eigenvalue weighted by molar-refractivity contribution is -0.131. The lowest BCUT2D eigenvalue weighted by Gasteiger charge is -2.41. The molecule has 3 aromatic rings. The van der Waals surface area contributed by atoms with Gasteiger partial charge in [0.25, 0.3) is 0 Å². The number of ether oxygens (including phenoxy) is 7. The van der Waals surface area contributed by atoms with Crippen molar-refractivity contribution in [2.45, 2.75) is 18.6 Å². The summed E-state index contributed by atoms with van der Waals surface area (Å²) in [6.07, 6.45) is -1.14. The van der Waals surface area contributed by atoms with E-state index in [4.69, 9.17) is 33.2 Å². The Bertz CT molecular complexity index is 1450. The summed E-state index contributed by atoms with van der Waals surface area (Å²) in [5.74, 6) is 0.821. The van der Waals surface area contributed by atoms with E-state index in [0.717, 1.165) is 5.56 Å². The summed E-state index contributed by atoms with van der Waals surface area (Å²) in [5.41, 5.74) is 2.71. The first kappa shape index (κ1) is 26.9. The average Bonchev–Trinajstić information content (AvgIpc) is 3.67. The summed E-state index contributed by atoms with van der Waals surface area (Å²) in [6, 6.07) is 12.5. The maximum Gasteiger partial charge on any atom is 0.231 e. The van der Waals surface area contributed by atoms with Crippen LogP contribution in [0.3, 0.4) is 0 Å². The molecule has 0 fully saturated rings. The third-order valence-electron chi connectivity index (χ3n) is 7.92. The standard InChI is InChI=1S/C30H31NO10/c1-35-24-7-16(8-25(36-2)29(24)37-3)26-17-9-22-23(41-14-40-22)10-18(17)28(33)19(12-32)27(26)30(34)31-11-15-4-5-20-21(6-15)39-13-38-20/h4-10,19,26-28,32-33H,11-14H2,1-3H3,(H,31,34). The molecular weight excluding hydrogens is 534 g/mol. The fourth-order valence-corrected chi connectivity index (χ4v) is 5.95. The molecule has 2 heterocycles. The average molecular weight is 566 g/mol. The number of aliphatic hydroxyl groups is 2. The van der Waals surface area contributed by atoms with Gasteiger partial charge in [0.15, 0.2) is 34.5 Å². The van der Waals surface area contributed by atoms with Gasteiger partial charge in [-0.25, -0.2) is 0 Å². The number of fused-ring (bicyclic) bond motifs is 3. The Morgan fingerprint density at radius 2 is 1.46 bits per heavy atom. The van der Waals surface area contributed by atoms with Crippen molar-refractivity contribution < 1.29 is 48.2 Å². The summed E-state index contributed by atoms with van der Waals surface area (Å²) < 4.78 is 38.8. The van der Waals surface area contributed by atoms with Crippen LogP contribution < -0.4 is 38.5 Å². The molecule has 0 bridgehead atoms. The van der Waals surface area contributed by atoms with Gasteiger partial charge < -0.3 is 48.7 Å². The van der Waals surface area contributed by atoms with Crippen LogP contribution in [-0.4, -0.2) is 57.6 Å². The molecule has 2 aliphatic heterocycles. The third kappa shape index (κ3) is 4.60. The number of carbonyl (C=O) groups is 1. The van der Waals surface area contributed by atoms with Gasteiger partial charge in [0.05, 0.1) is 33.4 Å². The van der Waals surface area contributed by atoms with Crippen molar-refractivity contribution in [2.24, 2.45) is 11.8 Å². The normalized spacial score (nSPS) is 21.7. The van der Waals surface area contributed by atoms with Gasteiger partial charge in [0.1, 0.15) is 0 Å². The molecule has 0 spiro atoms. The number of benzene rings is 3. The Balaban J connectivity index is 1.44. The summed E-state index contributed by atoms with van der Waals surface area (Å²) in [6.45, 7) is -0.0298. The molecule has 3 N–H and O–H groups in total. The van der Waals surface area contributed by atoms with Crippen molar-refractivity contribution in [1.82, 2.24) is 5.32 Å². The van der Waals surface area contributed by atoms with Crippen molar-refractivity contribution in [1.29, 1.82) is 0 Å². The zero-order valence-electron chi connectivity index (χ0n) is 22.8. The molecule has 41 heavy (non-hydrogen) atoms. The first-order valence-electron chi connectivity index (χ1n) is 13.2. The molecule has 1 aliphatic carbocycles. The number of amides is 1. The molecular formula is C30H31NO10. The van der Waals surface area contributed by atoms with E-state index in [1.807, 2.05) is 12.1 Å². The summed E-state index contributed by atoms with van der Waals surface area (Å²) in [5, 5.41) is 25.0. The van der Waals surface area contributed by atoms with Crippen LogP contribution in [0.1, 0.15) is 34.3 Å². The topological polar surface area (TPSA) is 134 Å². The van der Waals surface area contributed by atoms with E-state index < -0.39 is 30.5 Å². The predicted molar refractivity (Wildman–Crippen MR) is 144 cm³/mol. The van der Waals surface area contributed by atoms with Crippen LogP contribution in [0.2, 0.25) is 0 Å². The molecule has 11 heteroatoms. The molecule has 216 valence electrons. The molecule has 0 radical (unpaired) electrons. The van der Waals surface area contributed by atoms with Crippen molar-refractivity contribution in [3.63, 3.8) is 0 Å². The van der Waals surface area contributed by atoms with Gasteiger partial charge in [-0.15, -0.1) is 0 Å². The monoisotopic (exact) mass is 565 g/mol. The molecule has 0 saturated carbocycles. The molecule has 1 amide bonds. The van der Waals surface area contributed by atoms with Gasteiger partial charge in [-0.3, -0.25) is 4.79 Å². The minimum absolute atomic E-state index is 0.0477. The maximum atomic E-state index is 14.0. The Hall–Kier alpha value is -4.35. The van der Waals surface area contributed by atoms with Crippen LogP contribution in [0.25, 0.3) is 0 Å². The number of hydrogen-bond acceptors (Lipinski definition) is 10. The number of nitrogens with one attached hydrogen (secondary N) is 1. The fraction of sp³-hybridized carbons (Fsp3) is 0.367. The van der Waals surface area contributed by atoms with Crippen molar-refractivity contribution in [2.75, 3.05) is 41.5 Å². The highest BCUT2D eigenvalue weighted by Crippen LogP contribution is 2.53. The number of hydrogen-bond donors (Lipinski definition) is 3. The van der Waals surface area contributed by atoms with Crippen molar-refractivity contribution >= 4 is 5.91 Å². The van der Waals surface area contributed by atoms with Crippen LogP contribution in [0, 0.1) is 11.8 Å². The summed E-state index contributed by atoms with van der Waals surface area (Å²) >= 11 is 0. The Kier molecular flexibility index (Phi) is 7.14. The van der Waals surface area contributed by atoms with Crippen molar-refractivity contribution in [3.05, 3.63) is 64.7 Å². The Morgan fingerprint density at radius 1 is 0.854 bits per heavy atom. The first-order chi connectivity index (χ1) is 20.0. The van der Waals surface area contributed by atoms with Gasteiger partial charge in [-0.2, -0.15) is 0 Å². The second-order valence-electron chi connectivity index (χ2n) is 9.99. The van der Waals surface area contributed by atoms with Crippen LogP contribution in [-0.2, 0) is 11.3 Å². The second-order valence-corrected chi connectivity index (χ2v) is 9.99. The van der Waals surface area contributed by atoms with E-state index >= 15 is 0 Å². The predicted octanol–water partition coefficient (Wildman–Crippen LogP) is 2.89. The fourth-order valence-electron chi connectivity index (χ4n) is 5.95. The minimum atomic E-state index is -1.14. The molecule has 11 nitrogen and oxygen atoms in total. The number of carbonyl (C=O) groups excluding carboxylic acids is 1. The van der Waals surface area contributed by atoms with E-state index in [2.05, 4.69) is 5.32 Å². The van der Waals surface area contributed by atoms with Crippen molar-refractivity contribution in [3.8, 4) is 40.2 Å². The van der Waals surface area contributed by atoms with Crippen LogP contribution >= 0.6 is 0 Å². The lowest BCUT2D eigenvalue weighted by atomic mass is 9.64. The number of aliphatic hydroxyl groups excluding tert-OH is 2. The largest absolute Gasteiger partial charge is 0.493 e. The van der Waals surface area contributed by atoms with Gasteiger partial charge in [0, 0.05) is 25.0 Å². The molecule has 4 unspecified atom stereocenters. The van der Waals surface area contributed by atoms with Crippen LogP contribution in [0.5, 0.6) is 40.2 Å². The highest BCUT2D eigenvalue weighted by molar-refractivity contribution is 5.82. The van der Waals surface area contributed by atoms with E-state index in [9.17, 15) is 15.0 Å². The molecule has 0 aromatic heterocycles. The van der Waals surface area contributed by atoms with Gasteiger partial charge in [-0.05, 0) is 58.7 Å². The second kappa shape index (κ2) is 10.9. The highest BCUT2D eigenvalue weighted by Gasteiger charge is 2.47. The smallest absolute Gasteiger partial charge is 0.231 e. The molecule has 0 saturated heterocycles. The molecule has 3 aromatic carbocycles. The van der Waals surface area contributed by atoms with E-state index in [1.165, 1.54) is 21.3 Å². The molecule has 6 rings (SSSR count). The maximum absolute atomic E-state index is 14.0. The summed E-state index contributed by atoms with van der Waals surface area (Å²) in [4.78, 5) is 14.0. The third-order valence-corrected chi connectivity index (χ3v) is 7.92. The van der Waals surface area contributed by atoms with Crippen LogP contribution in [0.4, 0.5) is 0 Å². The molecule has 4 atom stereocenters. The molecule has 3 aliphatic rings. The Morgan fingerprint density at radius 3 is 2.07 bits per heavy atom. The number of rotatable bonds is 8. The summed E-state index contributed by atoms with van der Waals surface area (Å²) in [7, 11) is 4.55. The zero-order chi connectivity index (χ0) is 28.7. The van der Waals surface area contributed by atoms with Crippen LogP contribution in [0.15, 0.2) is 42.5 Å². The first-order valence-corrected chi connectivity index (χ1v) is 13.2. The van der Waals surface area contributed by atoms with Gasteiger partial charge >= 0.3 is 0 Å². The SMILES string of the molecule is COc1cc(C2c3cc4c(cc3C(O)C(CO)C2C(=O)NCc2ccc3c(c2)OCO3)OCO4)cc(OC)c1OC.